The van der Waals surface area contributed by atoms with Crippen LogP contribution in [0.25, 0.3) is 28.1 Å². The van der Waals surface area contributed by atoms with Gasteiger partial charge in [-0.3, -0.25) is 9.36 Å². The van der Waals surface area contributed by atoms with Gasteiger partial charge in [0.05, 0.1) is 28.0 Å². The minimum atomic E-state index is -0.105. The number of amides is 1. The molecule has 2 heterocycles. The van der Waals surface area contributed by atoms with Crippen molar-refractivity contribution in [3.8, 4) is 17.1 Å². The molecule has 5 heteroatoms. The van der Waals surface area contributed by atoms with Gasteiger partial charge in [-0.15, -0.1) is 11.8 Å². The zero-order valence-corrected chi connectivity index (χ0v) is 14.9. The van der Waals surface area contributed by atoms with Crippen LogP contribution >= 0.6 is 11.8 Å². The van der Waals surface area contributed by atoms with Crippen LogP contribution in [-0.2, 0) is 0 Å². The van der Waals surface area contributed by atoms with Crippen LogP contribution in [0.1, 0.15) is 10.4 Å². The van der Waals surface area contributed by atoms with Gasteiger partial charge in [-0.1, -0.05) is 36.4 Å². The van der Waals surface area contributed by atoms with Gasteiger partial charge in [0.2, 0.25) is 0 Å². The molecule has 1 aliphatic heterocycles. The molecule has 0 saturated heterocycles. The van der Waals surface area contributed by atoms with E-state index in [-0.39, 0.29) is 5.91 Å². The highest BCUT2D eigenvalue weighted by atomic mass is 32.2. The summed E-state index contributed by atoms with van der Waals surface area (Å²) in [7, 11) is 0. The number of hydrogen-bond acceptors (Lipinski definition) is 3. The van der Waals surface area contributed by atoms with Crippen molar-refractivity contribution in [3.63, 3.8) is 0 Å². The lowest BCUT2D eigenvalue weighted by molar-refractivity contribution is 0.102. The van der Waals surface area contributed by atoms with Gasteiger partial charge in [-0.05, 0) is 36.6 Å². The van der Waals surface area contributed by atoms with E-state index < -0.39 is 0 Å². The average molecular weight is 357 g/mol. The number of aromatic nitrogens is 2. The van der Waals surface area contributed by atoms with Gasteiger partial charge in [-0.25, -0.2) is 4.98 Å². The number of benzene rings is 3. The van der Waals surface area contributed by atoms with E-state index in [4.69, 9.17) is 4.98 Å². The maximum Gasteiger partial charge on any atom is 0.257 e. The summed E-state index contributed by atoms with van der Waals surface area (Å²) in [6.07, 6.45) is 2.06. The number of para-hydroxylation sites is 3. The lowest BCUT2D eigenvalue weighted by atomic mass is 10.1. The Morgan fingerprint density at radius 1 is 0.923 bits per heavy atom. The third kappa shape index (κ3) is 2.10. The van der Waals surface area contributed by atoms with E-state index in [2.05, 4.69) is 28.3 Å². The van der Waals surface area contributed by atoms with E-state index >= 15 is 0 Å². The first-order valence-electron chi connectivity index (χ1n) is 8.33. The molecule has 4 aromatic rings. The number of nitrogens with one attached hydrogen (secondary N) is 1. The molecule has 0 fully saturated rings. The number of anilines is 1. The van der Waals surface area contributed by atoms with Gasteiger partial charge < -0.3 is 5.32 Å². The van der Waals surface area contributed by atoms with Crippen LogP contribution in [0.15, 0.2) is 71.6 Å². The summed E-state index contributed by atoms with van der Waals surface area (Å²) in [5.74, 6) is 0.743. The van der Waals surface area contributed by atoms with Crippen LogP contribution in [0.4, 0.5) is 5.69 Å². The summed E-state index contributed by atoms with van der Waals surface area (Å²) < 4.78 is 2.10. The number of hydrogen-bond donors (Lipinski definition) is 1. The number of fused-ring (bicyclic) bond motifs is 2. The smallest absolute Gasteiger partial charge is 0.257 e. The zero-order valence-electron chi connectivity index (χ0n) is 14.1. The van der Waals surface area contributed by atoms with E-state index in [9.17, 15) is 4.79 Å². The Hall–Kier alpha value is -3.05. The Bertz CT molecular complexity index is 1180. The van der Waals surface area contributed by atoms with Crippen LogP contribution in [0, 0.1) is 0 Å². The Morgan fingerprint density at radius 2 is 1.69 bits per heavy atom. The monoisotopic (exact) mass is 357 g/mol. The molecule has 0 atom stereocenters. The molecule has 0 radical (unpaired) electrons. The molecule has 1 amide bonds. The molecular weight excluding hydrogens is 342 g/mol. The van der Waals surface area contributed by atoms with Crippen molar-refractivity contribution in [2.45, 2.75) is 4.90 Å². The largest absolute Gasteiger partial charge is 0.320 e. The average Bonchev–Trinajstić information content (AvgIpc) is 3.01. The van der Waals surface area contributed by atoms with Crippen molar-refractivity contribution < 1.29 is 4.79 Å². The summed E-state index contributed by atoms with van der Waals surface area (Å²) in [5, 5.41) is 3.03. The molecule has 0 saturated carbocycles. The topological polar surface area (TPSA) is 46.9 Å². The van der Waals surface area contributed by atoms with Crippen LogP contribution in [-0.4, -0.2) is 21.7 Å². The lowest BCUT2D eigenvalue weighted by Gasteiger charge is -2.13. The van der Waals surface area contributed by atoms with Crippen molar-refractivity contribution in [3.05, 3.63) is 72.3 Å². The predicted molar refractivity (Wildman–Crippen MR) is 106 cm³/mol. The Labute approximate surface area is 154 Å². The number of carbonyl (C=O) groups is 1. The van der Waals surface area contributed by atoms with Crippen LogP contribution in [0.5, 0.6) is 0 Å². The van der Waals surface area contributed by atoms with Gasteiger partial charge in [0.15, 0.2) is 0 Å². The SMILES string of the molecule is CSc1ccccc1-c1nc2cccc3c2n1-c1ccccc1NC3=O. The molecule has 0 spiro atoms. The van der Waals surface area contributed by atoms with Crippen molar-refractivity contribution in [1.82, 2.24) is 9.55 Å². The molecule has 26 heavy (non-hydrogen) atoms. The Balaban J connectivity index is 1.96. The maximum absolute atomic E-state index is 12.8. The standard InChI is InChI=1S/C21H15N3OS/c1-26-18-12-5-2-7-13(18)20-22-16-10-6-8-14-19(16)24(20)17-11-4-3-9-15(17)23-21(14)25/h2-12H,1H3,(H,23,25). The van der Waals surface area contributed by atoms with Crippen molar-refractivity contribution in [1.29, 1.82) is 0 Å². The molecule has 126 valence electrons. The molecule has 0 aliphatic carbocycles. The van der Waals surface area contributed by atoms with Crippen molar-refractivity contribution in [2.24, 2.45) is 0 Å². The highest BCUT2D eigenvalue weighted by Crippen LogP contribution is 2.38. The highest BCUT2D eigenvalue weighted by molar-refractivity contribution is 7.98. The number of imidazole rings is 1. The Morgan fingerprint density at radius 3 is 2.58 bits per heavy atom. The van der Waals surface area contributed by atoms with Gasteiger partial charge in [0, 0.05) is 10.5 Å². The van der Waals surface area contributed by atoms with Gasteiger partial charge in [0.25, 0.3) is 5.91 Å². The quantitative estimate of drug-likeness (QED) is 0.515. The second-order valence-electron chi connectivity index (χ2n) is 6.12. The molecule has 0 unspecified atom stereocenters. The molecule has 4 nitrogen and oxygen atoms in total. The second kappa shape index (κ2) is 5.75. The number of rotatable bonds is 2. The summed E-state index contributed by atoms with van der Waals surface area (Å²) in [4.78, 5) is 18.8. The van der Waals surface area contributed by atoms with Crippen molar-refractivity contribution in [2.75, 3.05) is 11.6 Å². The van der Waals surface area contributed by atoms with Crippen LogP contribution < -0.4 is 5.32 Å². The molecular formula is C21H15N3OS. The lowest BCUT2D eigenvalue weighted by Crippen LogP contribution is -2.10. The second-order valence-corrected chi connectivity index (χ2v) is 6.96. The van der Waals surface area contributed by atoms with E-state index in [1.54, 1.807) is 11.8 Å². The summed E-state index contributed by atoms with van der Waals surface area (Å²) in [5.41, 5.74) is 5.08. The molecule has 1 aromatic heterocycles. The fourth-order valence-corrected chi connectivity index (χ4v) is 4.11. The van der Waals surface area contributed by atoms with Gasteiger partial charge in [0.1, 0.15) is 5.82 Å². The number of carbonyl (C=O) groups excluding carboxylic acids is 1. The van der Waals surface area contributed by atoms with Crippen LogP contribution in [0.3, 0.4) is 0 Å². The first-order valence-corrected chi connectivity index (χ1v) is 9.56. The summed E-state index contributed by atoms with van der Waals surface area (Å²) in [6.45, 7) is 0. The molecule has 5 rings (SSSR count). The molecule has 1 aliphatic rings. The highest BCUT2D eigenvalue weighted by Gasteiger charge is 2.25. The van der Waals surface area contributed by atoms with E-state index in [0.29, 0.717) is 5.56 Å². The first-order chi connectivity index (χ1) is 12.8. The minimum absolute atomic E-state index is 0.105. The fraction of sp³-hybridized carbons (Fsp3) is 0.0476. The van der Waals surface area contributed by atoms with Gasteiger partial charge >= 0.3 is 0 Å². The van der Waals surface area contributed by atoms with E-state index in [0.717, 1.165) is 38.7 Å². The van der Waals surface area contributed by atoms with Crippen molar-refractivity contribution >= 4 is 34.4 Å². The van der Waals surface area contributed by atoms with Crippen LogP contribution in [0.2, 0.25) is 0 Å². The number of thioether (sulfide) groups is 1. The molecule has 1 N–H and O–H groups in total. The predicted octanol–water partition coefficient (Wildman–Crippen LogP) is 4.98. The fourth-order valence-electron chi connectivity index (χ4n) is 3.52. The molecule has 3 aromatic carbocycles. The van der Waals surface area contributed by atoms with E-state index in [1.807, 2.05) is 54.6 Å². The van der Waals surface area contributed by atoms with Gasteiger partial charge in [-0.2, -0.15) is 0 Å². The number of nitrogens with zero attached hydrogens (tertiary/aromatic N) is 2. The third-order valence-corrected chi connectivity index (χ3v) is 5.46. The zero-order chi connectivity index (χ0) is 17.7. The Kier molecular flexibility index (Phi) is 3.36. The maximum atomic E-state index is 12.8. The first kappa shape index (κ1) is 15.2. The van der Waals surface area contributed by atoms with E-state index in [1.165, 1.54) is 0 Å². The third-order valence-electron chi connectivity index (χ3n) is 4.66. The minimum Gasteiger partial charge on any atom is -0.320 e. The molecule has 0 bridgehead atoms. The normalized spacial score (nSPS) is 12.6. The summed E-state index contributed by atoms with van der Waals surface area (Å²) >= 11 is 1.69. The summed E-state index contributed by atoms with van der Waals surface area (Å²) in [6, 6.07) is 21.8.